The van der Waals surface area contributed by atoms with Crippen LogP contribution in [0.4, 0.5) is 0 Å². The van der Waals surface area contributed by atoms with Crippen LogP contribution in [0.15, 0.2) is 34.1 Å². The molecule has 0 aromatic heterocycles. The zero-order valence-corrected chi connectivity index (χ0v) is 13.2. The molecule has 21 heavy (non-hydrogen) atoms. The Morgan fingerprint density at radius 3 is 1.95 bits per heavy atom. The molecule has 1 aromatic rings. The molecule has 1 aromatic carbocycles. The second-order valence-corrected chi connectivity index (χ2v) is 9.13. The number of nitrogens with zero attached hydrogens (tertiary/aromatic N) is 1. The average Bonchev–Trinajstić information content (AvgIpc) is 3.07. The molecule has 6 nitrogen and oxygen atoms in total. The van der Waals surface area contributed by atoms with E-state index in [1.165, 1.54) is 28.6 Å². The highest BCUT2D eigenvalue weighted by Crippen LogP contribution is 2.24. The van der Waals surface area contributed by atoms with E-state index in [1.54, 1.807) is 0 Å². The molecule has 0 amide bonds. The Morgan fingerprint density at radius 2 is 1.43 bits per heavy atom. The summed E-state index contributed by atoms with van der Waals surface area (Å²) in [5.74, 6) is 0. The van der Waals surface area contributed by atoms with Crippen LogP contribution in [0, 0.1) is 0 Å². The van der Waals surface area contributed by atoms with Crippen molar-refractivity contribution in [2.75, 3.05) is 13.1 Å². The van der Waals surface area contributed by atoms with Gasteiger partial charge in [0.05, 0.1) is 9.79 Å². The van der Waals surface area contributed by atoms with Crippen LogP contribution in [0.25, 0.3) is 0 Å². The first-order chi connectivity index (χ1) is 9.89. The maximum Gasteiger partial charge on any atom is 0.243 e. The lowest BCUT2D eigenvalue weighted by atomic mass is 10.4. The van der Waals surface area contributed by atoms with Gasteiger partial charge in [-0.15, -0.1) is 0 Å². The molecule has 2 fully saturated rings. The third-order valence-electron chi connectivity index (χ3n) is 3.74. The predicted octanol–water partition coefficient (Wildman–Crippen LogP) is 0.912. The monoisotopic (exact) mass is 330 g/mol. The molecule has 0 spiro atoms. The fraction of sp³-hybridized carbons (Fsp3) is 0.538. The lowest BCUT2D eigenvalue weighted by Gasteiger charge is -2.15. The minimum atomic E-state index is -3.54. The molecule has 0 bridgehead atoms. The van der Waals surface area contributed by atoms with Crippen molar-refractivity contribution >= 4 is 20.0 Å². The first kappa shape index (κ1) is 15.0. The number of benzene rings is 1. The van der Waals surface area contributed by atoms with E-state index >= 15 is 0 Å². The molecule has 0 unspecified atom stereocenters. The maximum atomic E-state index is 12.3. The third-order valence-corrected chi connectivity index (χ3v) is 7.19. The highest BCUT2D eigenvalue weighted by Gasteiger charge is 2.29. The van der Waals surface area contributed by atoms with E-state index in [1.807, 2.05) is 0 Å². The van der Waals surface area contributed by atoms with Crippen molar-refractivity contribution in [1.82, 2.24) is 9.03 Å². The van der Waals surface area contributed by atoms with Gasteiger partial charge in [0.2, 0.25) is 20.0 Å². The van der Waals surface area contributed by atoms with Gasteiger partial charge in [-0.2, -0.15) is 4.31 Å². The second-order valence-electron chi connectivity index (χ2n) is 5.48. The smallest absolute Gasteiger partial charge is 0.208 e. The van der Waals surface area contributed by atoms with Crippen molar-refractivity contribution in [1.29, 1.82) is 0 Å². The van der Waals surface area contributed by atoms with Crippen molar-refractivity contribution in [3.05, 3.63) is 24.3 Å². The van der Waals surface area contributed by atoms with E-state index in [-0.39, 0.29) is 15.8 Å². The normalized spacial score (nSPS) is 20.8. The molecule has 1 heterocycles. The number of hydrogen-bond donors (Lipinski definition) is 1. The summed E-state index contributed by atoms with van der Waals surface area (Å²) >= 11 is 0. The van der Waals surface area contributed by atoms with Gasteiger partial charge in [0, 0.05) is 19.1 Å². The van der Waals surface area contributed by atoms with E-state index in [0.717, 1.165) is 25.7 Å². The second kappa shape index (κ2) is 5.35. The van der Waals surface area contributed by atoms with E-state index in [2.05, 4.69) is 4.72 Å². The fourth-order valence-electron chi connectivity index (χ4n) is 2.36. The lowest BCUT2D eigenvalue weighted by Crippen LogP contribution is -2.28. The zero-order valence-electron chi connectivity index (χ0n) is 11.5. The van der Waals surface area contributed by atoms with E-state index in [4.69, 9.17) is 0 Å². The van der Waals surface area contributed by atoms with Crippen molar-refractivity contribution in [3.63, 3.8) is 0 Å². The van der Waals surface area contributed by atoms with Crippen LogP contribution >= 0.6 is 0 Å². The summed E-state index contributed by atoms with van der Waals surface area (Å²) in [6.45, 7) is 1.07. The van der Waals surface area contributed by atoms with Crippen LogP contribution in [-0.4, -0.2) is 40.3 Å². The molecule has 1 aliphatic heterocycles. The molecular formula is C13H18N2O4S2. The van der Waals surface area contributed by atoms with Gasteiger partial charge in [0.25, 0.3) is 0 Å². The number of sulfonamides is 2. The molecule has 0 atom stereocenters. The molecule has 0 radical (unpaired) electrons. The van der Waals surface area contributed by atoms with Crippen LogP contribution in [0.1, 0.15) is 25.7 Å². The summed E-state index contributed by atoms with van der Waals surface area (Å²) in [4.78, 5) is 0.254. The van der Waals surface area contributed by atoms with Crippen molar-refractivity contribution in [2.45, 2.75) is 41.5 Å². The lowest BCUT2D eigenvalue weighted by molar-refractivity contribution is 0.477. The predicted molar refractivity (Wildman–Crippen MR) is 77.8 cm³/mol. The first-order valence-corrected chi connectivity index (χ1v) is 9.94. The summed E-state index contributed by atoms with van der Waals surface area (Å²) in [5.41, 5.74) is 0. The summed E-state index contributed by atoms with van der Waals surface area (Å²) < 4.78 is 52.8. The summed E-state index contributed by atoms with van der Waals surface area (Å²) in [7, 11) is -7.03. The Morgan fingerprint density at radius 1 is 0.905 bits per heavy atom. The van der Waals surface area contributed by atoms with Crippen molar-refractivity contribution in [2.24, 2.45) is 0 Å². The largest absolute Gasteiger partial charge is 0.243 e. The standard InChI is InChI=1S/C13H18N2O4S2/c16-20(17,14-11-3-4-11)12-5-7-13(8-6-12)21(18,19)15-9-1-2-10-15/h5-8,11,14H,1-4,9-10H2. The topological polar surface area (TPSA) is 83.5 Å². The Bertz CT molecular complexity index is 716. The van der Waals surface area contributed by atoms with Crippen LogP contribution in [0.5, 0.6) is 0 Å². The number of hydrogen-bond acceptors (Lipinski definition) is 4. The highest BCUT2D eigenvalue weighted by molar-refractivity contribution is 7.89. The van der Waals surface area contributed by atoms with Crippen molar-refractivity contribution < 1.29 is 16.8 Å². The minimum absolute atomic E-state index is 0.0306. The van der Waals surface area contributed by atoms with E-state index < -0.39 is 20.0 Å². The molecule has 1 N–H and O–H groups in total. The van der Waals surface area contributed by atoms with Gasteiger partial charge in [-0.3, -0.25) is 0 Å². The van der Waals surface area contributed by atoms with Crippen LogP contribution in [0.3, 0.4) is 0 Å². The van der Waals surface area contributed by atoms with Gasteiger partial charge in [0.15, 0.2) is 0 Å². The van der Waals surface area contributed by atoms with Gasteiger partial charge in [-0.1, -0.05) is 0 Å². The van der Waals surface area contributed by atoms with Gasteiger partial charge < -0.3 is 0 Å². The average molecular weight is 330 g/mol. The third kappa shape index (κ3) is 3.13. The van der Waals surface area contributed by atoms with Crippen LogP contribution < -0.4 is 4.72 Å². The van der Waals surface area contributed by atoms with E-state index in [9.17, 15) is 16.8 Å². The molecule has 3 rings (SSSR count). The summed E-state index contributed by atoms with van der Waals surface area (Å²) in [5, 5.41) is 0. The molecule has 1 saturated carbocycles. The fourth-order valence-corrected chi connectivity index (χ4v) is 5.18. The quantitative estimate of drug-likeness (QED) is 0.870. The minimum Gasteiger partial charge on any atom is -0.208 e. The number of nitrogens with one attached hydrogen (secondary N) is 1. The van der Waals surface area contributed by atoms with Gasteiger partial charge >= 0.3 is 0 Å². The SMILES string of the molecule is O=S(=O)(NC1CC1)c1ccc(S(=O)(=O)N2CCCC2)cc1. The molecular weight excluding hydrogens is 312 g/mol. The van der Waals surface area contributed by atoms with Gasteiger partial charge in [-0.25, -0.2) is 21.6 Å². The van der Waals surface area contributed by atoms with Crippen LogP contribution in [-0.2, 0) is 20.0 Å². The molecule has 2 aliphatic rings. The Kier molecular flexibility index (Phi) is 3.81. The zero-order chi connectivity index (χ0) is 15.1. The molecule has 1 aliphatic carbocycles. The van der Waals surface area contributed by atoms with Crippen molar-refractivity contribution in [3.8, 4) is 0 Å². The maximum absolute atomic E-state index is 12.3. The molecule has 116 valence electrons. The summed E-state index contributed by atoms with van der Waals surface area (Å²) in [6, 6.07) is 5.48. The number of rotatable bonds is 5. The van der Waals surface area contributed by atoms with E-state index in [0.29, 0.717) is 13.1 Å². The Hall–Kier alpha value is -0.960. The van der Waals surface area contributed by atoms with Gasteiger partial charge in [0.1, 0.15) is 0 Å². The first-order valence-electron chi connectivity index (χ1n) is 7.02. The highest BCUT2D eigenvalue weighted by atomic mass is 32.2. The summed E-state index contributed by atoms with van der Waals surface area (Å²) in [6.07, 6.45) is 3.47. The van der Waals surface area contributed by atoms with Crippen LogP contribution in [0.2, 0.25) is 0 Å². The Labute approximate surface area is 125 Å². The molecule has 1 saturated heterocycles. The van der Waals surface area contributed by atoms with Gasteiger partial charge in [-0.05, 0) is 49.9 Å². The Balaban J connectivity index is 1.83. The molecule has 8 heteroatoms.